The summed E-state index contributed by atoms with van der Waals surface area (Å²) in [5.74, 6) is 0.00324. The lowest BCUT2D eigenvalue weighted by Crippen LogP contribution is -2.40. The van der Waals surface area contributed by atoms with Crippen LogP contribution in [0.5, 0.6) is 0 Å². The highest BCUT2D eigenvalue weighted by Gasteiger charge is 2.12. The number of thioether (sulfide) groups is 1. The molecule has 8 heteroatoms. The average molecular weight is 331 g/mol. The molecule has 0 heterocycles. The Morgan fingerprint density at radius 1 is 1.38 bits per heavy atom. The maximum absolute atomic E-state index is 11.7. The van der Waals surface area contributed by atoms with Crippen molar-refractivity contribution < 1.29 is 13.2 Å². The number of anilines is 1. The molecular formula is C13H21N3O3S2. The van der Waals surface area contributed by atoms with Crippen LogP contribution in [0.1, 0.15) is 13.8 Å². The van der Waals surface area contributed by atoms with Crippen molar-refractivity contribution in [1.82, 2.24) is 10.0 Å². The Hall–Kier alpha value is -1.25. The van der Waals surface area contributed by atoms with Crippen LogP contribution in [-0.4, -0.2) is 38.4 Å². The molecule has 0 aliphatic rings. The minimum Gasteiger partial charge on any atom is -0.399 e. The highest BCUT2D eigenvalue weighted by Crippen LogP contribution is 2.20. The smallest absolute Gasteiger partial charge is 0.235 e. The van der Waals surface area contributed by atoms with Crippen LogP contribution in [0.25, 0.3) is 0 Å². The molecule has 0 aliphatic carbocycles. The van der Waals surface area contributed by atoms with Crippen LogP contribution >= 0.6 is 11.8 Å². The highest BCUT2D eigenvalue weighted by atomic mass is 32.2. The van der Waals surface area contributed by atoms with E-state index in [1.165, 1.54) is 11.8 Å². The van der Waals surface area contributed by atoms with Gasteiger partial charge in [-0.2, -0.15) is 0 Å². The minimum absolute atomic E-state index is 0.0129. The second-order valence-corrected chi connectivity index (χ2v) is 7.88. The van der Waals surface area contributed by atoms with Crippen LogP contribution in [0.2, 0.25) is 0 Å². The SMILES string of the molecule is CC(C)NC(=O)CNS(=O)(=O)CCSc1cccc(N)c1. The molecule has 0 bridgehead atoms. The van der Waals surface area contributed by atoms with E-state index in [2.05, 4.69) is 10.0 Å². The first-order valence-electron chi connectivity index (χ1n) is 6.53. The third kappa shape index (κ3) is 7.93. The monoisotopic (exact) mass is 331 g/mol. The Kier molecular flexibility index (Phi) is 7.00. The number of sulfonamides is 1. The molecule has 0 saturated heterocycles. The largest absolute Gasteiger partial charge is 0.399 e. The molecule has 0 unspecified atom stereocenters. The van der Waals surface area contributed by atoms with Crippen molar-refractivity contribution in [1.29, 1.82) is 0 Å². The number of hydrogen-bond acceptors (Lipinski definition) is 5. The zero-order chi connectivity index (χ0) is 15.9. The normalized spacial score (nSPS) is 11.6. The van der Waals surface area contributed by atoms with Gasteiger partial charge in [0, 0.05) is 22.4 Å². The number of rotatable bonds is 8. The first-order chi connectivity index (χ1) is 9.78. The van der Waals surface area contributed by atoms with E-state index in [4.69, 9.17) is 5.73 Å². The van der Waals surface area contributed by atoms with E-state index >= 15 is 0 Å². The Morgan fingerprint density at radius 3 is 2.71 bits per heavy atom. The van der Waals surface area contributed by atoms with Crippen molar-refractivity contribution in [3.05, 3.63) is 24.3 Å². The molecule has 0 atom stereocenters. The molecule has 1 rings (SSSR count). The van der Waals surface area contributed by atoms with Gasteiger partial charge in [-0.25, -0.2) is 13.1 Å². The van der Waals surface area contributed by atoms with Crippen LogP contribution in [-0.2, 0) is 14.8 Å². The molecule has 0 aromatic heterocycles. The summed E-state index contributed by atoms with van der Waals surface area (Å²) in [6.45, 7) is 3.40. The lowest BCUT2D eigenvalue weighted by atomic mass is 10.3. The summed E-state index contributed by atoms with van der Waals surface area (Å²) in [6, 6.07) is 7.25. The minimum atomic E-state index is -3.46. The molecular weight excluding hydrogens is 310 g/mol. The van der Waals surface area contributed by atoms with Gasteiger partial charge in [0.15, 0.2) is 0 Å². The van der Waals surface area contributed by atoms with E-state index in [1.807, 2.05) is 26.0 Å². The van der Waals surface area contributed by atoms with E-state index in [1.54, 1.807) is 12.1 Å². The molecule has 0 spiro atoms. The molecule has 1 aromatic carbocycles. The number of nitrogens with two attached hydrogens (primary N) is 1. The summed E-state index contributed by atoms with van der Waals surface area (Å²) in [7, 11) is -3.46. The maximum Gasteiger partial charge on any atom is 0.235 e. The number of carbonyl (C=O) groups is 1. The van der Waals surface area contributed by atoms with Gasteiger partial charge >= 0.3 is 0 Å². The van der Waals surface area contributed by atoms with Crippen LogP contribution < -0.4 is 15.8 Å². The average Bonchev–Trinajstić information content (AvgIpc) is 2.36. The van der Waals surface area contributed by atoms with Crippen molar-refractivity contribution in [3.8, 4) is 0 Å². The predicted molar refractivity (Wildman–Crippen MR) is 86.6 cm³/mol. The van der Waals surface area contributed by atoms with Crippen molar-refractivity contribution in [2.24, 2.45) is 0 Å². The molecule has 0 saturated carbocycles. The van der Waals surface area contributed by atoms with Gasteiger partial charge < -0.3 is 11.1 Å². The summed E-state index contributed by atoms with van der Waals surface area (Å²) in [4.78, 5) is 12.3. The number of amides is 1. The van der Waals surface area contributed by atoms with Gasteiger partial charge in [-0.15, -0.1) is 11.8 Å². The van der Waals surface area contributed by atoms with Gasteiger partial charge in [0.05, 0.1) is 12.3 Å². The van der Waals surface area contributed by atoms with Crippen LogP contribution in [0, 0.1) is 0 Å². The lowest BCUT2D eigenvalue weighted by molar-refractivity contribution is -0.120. The summed E-state index contributed by atoms with van der Waals surface area (Å²) < 4.78 is 25.8. The second kappa shape index (κ2) is 8.26. The Morgan fingerprint density at radius 2 is 2.10 bits per heavy atom. The topological polar surface area (TPSA) is 101 Å². The number of hydrogen-bond donors (Lipinski definition) is 3. The molecule has 0 fully saturated rings. The van der Waals surface area contributed by atoms with Crippen LogP contribution in [0.3, 0.4) is 0 Å². The predicted octanol–water partition coefficient (Wildman–Crippen LogP) is 0.805. The lowest BCUT2D eigenvalue weighted by Gasteiger charge is -2.09. The van der Waals surface area contributed by atoms with Crippen LogP contribution in [0.4, 0.5) is 5.69 Å². The number of carbonyl (C=O) groups excluding carboxylic acids is 1. The van der Waals surface area contributed by atoms with Crippen molar-refractivity contribution in [3.63, 3.8) is 0 Å². The zero-order valence-corrected chi connectivity index (χ0v) is 13.8. The zero-order valence-electron chi connectivity index (χ0n) is 12.1. The Labute approximate surface area is 129 Å². The highest BCUT2D eigenvalue weighted by molar-refractivity contribution is 8.00. The molecule has 118 valence electrons. The van der Waals surface area contributed by atoms with Crippen molar-refractivity contribution >= 4 is 33.4 Å². The third-order valence-corrected chi connectivity index (χ3v) is 4.96. The Balaban J connectivity index is 2.34. The fourth-order valence-electron chi connectivity index (χ4n) is 1.49. The van der Waals surface area contributed by atoms with Gasteiger partial charge in [0.1, 0.15) is 0 Å². The van der Waals surface area contributed by atoms with Crippen molar-refractivity contribution in [2.75, 3.05) is 23.8 Å². The van der Waals surface area contributed by atoms with Gasteiger partial charge in [0.25, 0.3) is 0 Å². The summed E-state index contributed by atoms with van der Waals surface area (Å²) >= 11 is 1.41. The van der Waals surface area contributed by atoms with E-state index in [0.29, 0.717) is 11.4 Å². The van der Waals surface area contributed by atoms with Gasteiger partial charge in [-0.1, -0.05) is 6.07 Å². The molecule has 1 aromatic rings. The number of benzene rings is 1. The molecule has 21 heavy (non-hydrogen) atoms. The Bertz CT molecular complexity index is 574. The van der Waals surface area contributed by atoms with Crippen molar-refractivity contribution in [2.45, 2.75) is 24.8 Å². The van der Waals surface area contributed by atoms with Crippen LogP contribution in [0.15, 0.2) is 29.2 Å². The quantitative estimate of drug-likeness (QED) is 0.483. The number of nitrogens with one attached hydrogen (secondary N) is 2. The van der Waals surface area contributed by atoms with E-state index in [9.17, 15) is 13.2 Å². The molecule has 4 N–H and O–H groups in total. The second-order valence-electron chi connectivity index (χ2n) is 4.78. The molecule has 0 aliphatic heterocycles. The summed E-state index contributed by atoms with van der Waals surface area (Å²) in [5.41, 5.74) is 6.29. The molecule has 1 amide bonds. The first-order valence-corrected chi connectivity index (χ1v) is 9.17. The third-order valence-electron chi connectivity index (χ3n) is 2.38. The fraction of sp³-hybridized carbons (Fsp3) is 0.462. The fourth-order valence-corrected chi connectivity index (χ4v) is 3.83. The van der Waals surface area contributed by atoms with Gasteiger partial charge in [0.2, 0.25) is 15.9 Å². The van der Waals surface area contributed by atoms with E-state index in [-0.39, 0.29) is 24.2 Å². The molecule has 0 radical (unpaired) electrons. The summed E-state index contributed by atoms with van der Waals surface area (Å²) in [5, 5.41) is 2.62. The molecule has 6 nitrogen and oxygen atoms in total. The number of nitrogen functional groups attached to an aromatic ring is 1. The first kappa shape index (κ1) is 17.8. The van der Waals surface area contributed by atoms with Gasteiger partial charge in [-0.05, 0) is 32.0 Å². The van der Waals surface area contributed by atoms with E-state index < -0.39 is 10.0 Å². The van der Waals surface area contributed by atoms with Gasteiger partial charge in [-0.3, -0.25) is 4.79 Å². The van der Waals surface area contributed by atoms with E-state index in [0.717, 1.165) is 4.90 Å². The maximum atomic E-state index is 11.7. The summed E-state index contributed by atoms with van der Waals surface area (Å²) in [6.07, 6.45) is 0. The standard InChI is InChI=1S/C13H21N3O3S2/c1-10(2)16-13(17)9-15-21(18,19)7-6-20-12-5-3-4-11(14)8-12/h3-5,8,10,15H,6-7,9,14H2,1-2H3,(H,16,17).